The van der Waals surface area contributed by atoms with E-state index in [2.05, 4.69) is 11.6 Å². The Morgan fingerprint density at radius 2 is 2.30 bits per heavy atom. The third kappa shape index (κ3) is 4.45. The third-order valence-electron chi connectivity index (χ3n) is 3.32. The minimum absolute atomic E-state index is 0.0279. The molecular formula is C14H20ClFN2OS. The van der Waals surface area contributed by atoms with Crippen LogP contribution in [-0.2, 0) is 11.4 Å². The predicted molar refractivity (Wildman–Crippen MR) is 82.4 cm³/mol. The van der Waals surface area contributed by atoms with E-state index in [1.807, 2.05) is 13.8 Å². The lowest BCUT2D eigenvalue weighted by atomic mass is 9.86. The average molecular weight is 319 g/mol. The maximum absolute atomic E-state index is 13.5. The number of pyridine rings is 1. The van der Waals surface area contributed by atoms with E-state index in [1.54, 1.807) is 12.1 Å². The fourth-order valence-electron chi connectivity index (χ4n) is 2.11. The molecule has 3 nitrogen and oxygen atoms in total. The molecule has 1 aromatic heterocycles. The van der Waals surface area contributed by atoms with Crippen molar-refractivity contribution in [2.45, 2.75) is 43.8 Å². The Labute approximate surface area is 127 Å². The molecule has 1 heterocycles. The molecule has 2 N–H and O–H groups in total. The quantitative estimate of drug-likeness (QED) is 0.473. The molecule has 112 valence electrons. The number of aromatic nitrogens is 1. The molecule has 20 heavy (non-hydrogen) atoms. The van der Waals surface area contributed by atoms with E-state index in [-0.39, 0.29) is 10.9 Å². The van der Waals surface area contributed by atoms with Gasteiger partial charge >= 0.3 is 0 Å². The van der Waals surface area contributed by atoms with Gasteiger partial charge in [0.05, 0.1) is 5.02 Å². The van der Waals surface area contributed by atoms with Crippen LogP contribution in [0.1, 0.15) is 44.6 Å². The number of hydrogen-bond donors (Lipinski definition) is 1. The number of rotatable bonds is 7. The molecule has 0 aliphatic carbocycles. The van der Waals surface area contributed by atoms with Crippen LogP contribution < -0.4 is 5.14 Å². The number of halogens is 2. The van der Waals surface area contributed by atoms with Crippen LogP contribution in [0.15, 0.2) is 24.9 Å². The second kappa shape index (κ2) is 7.41. The number of nitrogens with zero attached hydrogens (tertiary/aromatic N) is 1. The third-order valence-corrected chi connectivity index (χ3v) is 4.95. The van der Waals surface area contributed by atoms with Crippen molar-refractivity contribution in [3.63, 3.8) is 0 Å². The normalized spacial score (nSPS) is 14.9. The van der Waals surface area contributed by atoms with Crippen molar-refractivity contribution in [3.05, 3.63) is 41.5 Å². The molecule has 0 aliphatic heterocycles. The van der Waals surface area contributed by atoms with Gasteiger partial charge < -0.3 is 4.55 Å². The highest BCUT2D eigenvalue weighted by molar-refractivity contribution is 7.90. The lowest BCUT2D eigenvalue weighted by molar-refractivity contribution is 0.469. The second-order valence-corrected chi connectivity index (χ2v) is 7.41. The first-order valence-electron chi connectivity index (χ1n) is 6.36. The molecule has 2 atom stereocenters. The van der Waals surface area contributed by atoms with Crippen molar-refractivity contribution < 1.29 is 8.94 Å². The standard InChI is InChI=1S/C14H20ClFN2OS/c1-4-5-6-10(9-14(2,3)20(17)19)11-7-8-18-13(16)12(11)15/h4,7-8,10H,1,5-6,9,17H2,2-3H3/t10-,20+/m1/s1. The summed E-state index contributed by atoms with van der Waals surface area (Å²) in [6.45, 7) is 7.35. The predicted octanol–water partition coefficient (Wildman–Crippen LogP) is 3.72. The Morgan fingerprint density at radius 3 is 2.85 bits per heavy atom. The molecule has 0 spiro atoms. The lowest BCUT2D eigenvalue weighted by Crippen LogP contribution is -2.39. The van der Waals surface area contributed by atoms with Gasteiger partial charge in [0.15, 0.2) is 0 Å². The minimum Gasteiger partial charge on any atom is -0.598 e. The molecule has 0 saturated heterocycles. The van der Waals surface area contributed by atoms with E-state index in [4.69, 9.17) is 16.7 Å². The van der Waals surface area contributed by atoms with Crippen LogP contribution in [-0.4, -0.2) is 14.3 Å². The van der Waals surface area contributed by atoms with Crippen LogP contribution in [0.3, 0.4) is 0 Å². The maximum Gasteiger partial charge on any atom is 0.231 e. The van der Waals surface area contributed by atoms with Crippen molar-refractivity contribution in [1.82, 2.24) is 4.98 Å². The van der Waals surface area contributed by atoms with E-state index < -0.39 is 22.1 Å². The van der Waals surface area contributed by atoms with Crippen LogP contribution >= 0.6 is 11.6 Å². The molecule has 0 radical (unpaired) electrons. The van der Waals surface area contributed by atoms with E-state index in [9.17, 15) is 8.94 Å². The van der Waals surface area contributed by atoms with Crippen molar-refractivity contribution in [1.29, 1.82) is 0 Å². The van der Waals surface area contributed by atoms with E-state index in [0.29, 0.717) is 12.0 Å². The van der Waals surface area contributed by atoms with Crippen LogP contribution in [0, 0.1) is 5.95 Å². The fraction of sp³-hybridized carbons (Fsp3) is 0.500. The van der Waals surface area contributed by atoms with Crippen molar-refractivity contribution in [3.8, 4) is 0 Å². The summed E-state index contributed by atoms with van der Waals surface area (Å²) in [4.78, 5) is 3.53. The molecular weight excluding hydrogens is 299 g/mol. The van der Waals surface area contributed by atoms with E-state index >= 15 is 0 Å². The molecule has 1 rings (SSSR count). The molecule has 6 heteroatoms. The Kier molecular flexibility index (Phi) is 6.45. The topological polar surface area (TPSA) is 62.0 Å². The van der Waals surface area contributed by atoms with Crippen molar-refractivity contribution in [2.24, 2.45) is 5.14 Å². The van der Waals surface area contributed by atoms with Crippen molar-refractivity contribution >= 4 is 23.0 Å². The molecule has 0 unspecified atom stereocenters. The van der Waals surface area contributed by atoms with Crippen LogP contribution in [0.4, 0.5) is 4.39 Å². The van der Waals surface area contributed by atoms with Crippen molar-refractivity contribution in [2.75, 3.05) is 0 Å². The summed E-state index contributed by atoms with van der Waals surface area (Å²) in [6, 6.07) is 1.70. The van der Waals surface area contributed by atoms with E-state index in [1.165, 1.54) is 6.20 Å². The Morgan fingerprint density at radius 1 is 1.65 bits per heavy atom. The summed E-state index contributed by atoms with van der Waals surface area (Å²) in [6.07, 6.45) is 5.24. The highest BCUT2D eigenvalue weighted by atomic mass is 35.5. The smallest absolute Gasteiger partial charge is 0.231 e. The number of nitrogens with two attached hydrogens (primary N) is 1. The Balaban J connectivity index is 3.06. The van der Waals surface area contributed by atoms with Gasteiger partial charge in [-0.25, -0.2) is 4.98 Å². The second-order valence-electron chi connectivity index (χ2n) is 5.33. The molecule has 1 aromatic rings. The minimum atomic E-state index is -1.47. The molecule has 0 saturated carbocycles. The molecule has 0 amide bonds. The van der Waals surface area contributed by atoms with E-state index in [0.717, 1.165) is 12.8 Å². The van der Waals surface area contributed by atoms with Gasteiger partial charge in [-0.2, -0.15) is 9.53 Å². The highest BCUT2D eigenvalue weighted by Crippen LogP contribution is 2.37. The molecule has 0 aliphatic rings. The molecule has 0 aromatic carbocycles. The van der Waals surface area contributed by atoms with Gasteiger partial charge in [0.25, 0.3) is 0 Å². The zero-order chi connectivity index (χ0) is 15.3. The van der Waals surface area contributed by atoms with Crippen LogP contribution in [0.2, 0.25) is 5.02 Å². The first kappa shape index (κ1) is 17.4. The number of hydrogen-bond acceptors (Lipinski definition) is 3. The fourth-order valence-corrected chi connectivity index (χ4v) is 2.74. The summed E-state index contributed by atoms with van der Waals surface area (Å²) in [7, 11) is 0. The zero-order valence-corrected chi connectivity index (χ0v) is 13.3. The molecule has 0 fully saturated rings. The van der Waals surface area contributed by atoms with Gasteiger partial charge in [0.2, 0.25) is 5.95 Å². The van der Waals surface area contributed by atoms with Gasteiger partial charge in [-0.1, -0.05) is 17.7 Å². The van der Waals surface area contributed by atoms with Crippen LogP contribution in [0.5, 0.6) is 0 Å². The summed E-state index contributed by atoms with van der Waals surface area (Å²) < 4.78 is 24.5. The summed E-state index contributed by atoms with van der Waals surface area (Å²) >= 11 is 4.54. The van der Waals surface area contributed by atoms with Crippen LogP contribution in [0.25, 0.3) is 0 Å². The lowest BCUT2D eigenvalue weighted by Gasteiger charge is -2.29. The first-order chi connectivity index (χ1) is 9.29. The monoisotopic (exact) mass is 318 g/mol. The van der Waals surface area contributed by atoms with Gasteiger partial charge in [-0.3, -0.25) is 0 Å². The zero-order valence-electron chi connectivity index (χ0n) is 11.7. The van der Waals surface area contributed by atoms with Gasteiger partial charge in [-0.05, 0) is 44.2 Å². The highest BCUT2D eigenvalue weighted by Gasteiger charge is 2.34. The summed E-state index contributed by atoms with van der Waals surface area (Å²) in [5.74, 6) is -0.722. The van der Waals surface area contributed by atoms with Gasteiger partial charge in [0.1, 0.15) is 4.75 Å². The average Bonchev–Trinajstić information content (AvgIpc) is 2.37. The van der Waals surface area contributed by atoms with Gasteiger partial charge in [-0.15, -0.1) is 6.58 Å². The summed E-state index contributed by atoms with van der Waals surface area (Å²) in [5.41, 5.74) is 0.680. The Hall–Kier alpha value is -0.620. The SMILES string of the molecule is C=CCC[C@H](CC(C)(C)[S@@+](N)[O-])c1ccnc(F)c1Cl. The molecule has 0 bridgehead atoms. The largest absolute Gasteiger partial charge is 0.598 e. The Bertz CT molecular complexity index is 468. The summed E-state index contributed by atoms with van der Waals surface area (Å²) in [5, 5.41) is 5.55. The van der Waals surface area contributed by atoms with Gasteiger partial charge in [0, 0.05) is 24.0 Å². The number of allylic oxidation sites excluding steroid dienone is 1. The first-order valence-corrected chi connectivity index (χ1v) is 7.95. The maximum atomic E-state index is 13.5.